The van der Waals surface area contributed by atoms with Crippen LogP contribution in [0.3, 0.4) is 0 Å². The van der Waals surface area contributed by atoms with Gasteiger partial charge in [0.2, 0.25) is 0 Å². The molecule has 1 unspecified atom stereocenters. The van der Waals surface area contributed by atoms with Crippen LogP contribution in [0.1, 0.15) is 17.5 Å². The number of hydrogen-bond acceptors (Lipinski definition) is 4. The van der Waals surface area contributed by atoms with Gasteiger partial charge in [0.05, 0.1) is 18.7 Å². The molecule has 0 bridgehead atoms. The lowest BCUT2D eigenvalue weighted by molar-refractivity contribution is 0.102. The molecule has 0 aromatic heterocycles. The van der Waals surface area contributed by atoms with E-state index in [1.165, 1.54) is 0 Å². The van der Waals surface area contributed by atoms with Crippen molar-refractivity contribution < 1.29 is 14.3 Å². The minimum atomic E-state index is -0.0573. The van der Waals surface area contributed by atoms with Crippen molar-refractivity contribution in [3.8, 4) is 11.5 Å². The van der Waals surface area contributed by atoms with Crippen molar-refractivity contribution >= 4 is 17.3 Å². The Kier molecular flexibility index (Phi) is 5.03. The predicted molar refractivity (Wildman–Crippen MR) is 90.5 cm³/mol. The second kappa shape index (κ2) is 7.38. The Labute approximate surface area is 140 Å². The smallest absolute Gasteiger partial charge is 0.146 e. The van der Waals surface area contributed by atoms with Gasteiger partial charge in [-0.3, -0.25) is 0 Å². The summed E-state index contributed by atoms with van der Waals surface area (Å²) in [4.78, 5) is 5.30. The van der Waals surface area contributed by atoms with Crippen molar-refractivity contribution in [2.75, 3.05) is 13.0 Å². The van der Waals surface area contributed by atoms with Crippen LogP contribution in [0.2, 0.25) is 0 Å². The molecule has 5 heteroatoms. The Morgan fingerprint density at radius 2 is 2.09 bits per heavy atom. The second-order valence-corrected chi connectivity index (χ2v) is 5.57. The van der Waals surface area contributed by atoms with E-state index in [4.69, 9.17) is 25.9 Å². The first-order valence-corrected chi connectivity index (χ1v) is 7.97. The van der Waals surface area contributed by atoms with E-state index in [0.717, 1.165) is 28.3 Å². The maximum absolute atomic E-state index is 5.98. The van der Waals surface area contributed by atoms with Crippen LogP contribution in [-0.2, 0) is 11.4 Å². The highest BCUT2D eigenvalue weighted by Gasteiger charge is 2.23. The minimum absolute atomic E-state index is 0.0573. The fourth-order valence-corrected chi connectivity index (χ4v) is 2.59. The van der Waals surface area contributed by atoms with Gasteiger partial charge in [-0.05, 0) is 29.8 Å². The maximum atomic E-state index is 5.98. The van der Waals surface area contributed by atoms with Crippen molar-refractivity contribution in [2.45, 2.75) is 19.1 Å². The van der Waals surface area contributed by atoms with E-state index in [1.54, 1.807) is 7.11 Å². The summed E-state index contributed by atoms with van der Waals surface area (Å²) in [5.41, 5.74) is 2.86. The van der Waals surface area contributed by atoms with Crippen LogP contribution in [0, 0.1) is 0 Å². The van der Waals surface area contributed by atoms with E-state index < -0.39 is 0 Å². The summed E-state index contributed by atoms with van der Waals surface area (Å²) >= 11 is 5.83. The number of benzene rings is 2. The van der Waals surface area contributed by atoms with Gasteiger partial charge in [-0.1, -0.05) is 29.4 Å². The number of rotatable bonds is 6. The molecule has 2 aromatic carbocycles. The Balaban J connectivity index is 1.73. The third kappa shape index (κ3) is 3.77. The first kappa shape index (κ1) is 15.7. The molecule has 0 N–H and O–H groups in total. The van der Waals surface area contributed by atoms with Gasteiger partial charge in [0, 0.05) is 12.0 Å². The van der Waals surface area contributed by atoms with E-state index in [9.17, 15) is 0 Å². The van der Waals surface area contributed by atoms with Crippen LogP contribution >= 0.6 is 11.6 Å². The van der Waals surface area contributed by atoms with E-state index in [-0.39, 0.29) is 6.10 Å². The van der Waals surface area contributed by atoms with E-state index >= 15 is 0 Å². The summed E-state index contributed by atoms with van der Waals surface area (Å²) in [5.74, 6) is 2.03. The number of para-hydroxylation sites is 1. The molecule has 1 atom stereocenters. The summed E-state index contributed by atoms with van der Waals surface area (Å²) in [5, 5.41) is 4.13. The normalized spacial score (nSPS) is 16.6. The van der Waals surface area contributed by atoms with E-state index in [2.05, 4.69) is 5.16 Å². The zero-order valence-electron chi connectivity index (χ0n) is 12.9. The number of nitrogens with zero attached hydrogens (tertiary/aromatic N) is 1. The van der Waals surface area contributed by atoms with Crippen LogP contribution in [0.4, 0.5) is 0 Å². The minimum Gasteiger partial charge on any atom is -0.497 e. The van der Waals surface area contributed by atoms with Gasteiger partial charge in [-0.15, -0.1) is 11.6 Å². The zero-order chi connectivity index (χ0) is 16.1. The molecule has 3 rings (SSSR count). The summed E-state index contributed by atoms with van der Waals surface area (Å²) < 4.78 is 11.2. The van der Waals surface area contributed by atoms with Crippen LogP contribution in [0.15, 0.2) is 53.7 Å². The summed E-state index contributed by atoms with van der Waals surface area (Å²) in [6.07, 6.45) is 0.640. The highest BCUT2D eigenvalue weighted by Crippen LogP contribution is 2.26. The van der Waals surface area contributed by atoms with Crippen molar-refractivity contribution in [1.82, 2.24) is 0 Å². The third-order valence-corrected chi connectivity index (χ3v) is 3.98. The highest BCUT2D eigenvalue weighted by molar-refractivity contribution is 6.18. The molecule has 0 saturated heterocycles. The zero-order valence-corrected chi connectivity index (χ0v) is 13.6. The molecular weight excluding hydrogens is 314 g/mol. The number of ether oxygens (including phenoxy) is 2. The average molecular weight is 332 g/mol. The van der Waals surface area contributed by atoms with Crippen molar-refractivity contribution in [1.29, 1.82) is 0 Å². The third-order valence-electron chi connectivity index (χ3n) is 3.63. The van der Waals surface area contributed by atoms with Gasteiger partial charge < -0.3 is 14.3 Å². The monoisotopic (exact) mass is 331 g/mol. The molecule has 4 nitrogen and oxygen atoms in total. The topological polar surface area (TPSA) is 40.0 Å². The second-order valence-electron chi connectivity index (χ2n) is 5.26. The Morgan fingerprint density at radius 1 is 1.22 bits per heavy atom. The van der Waals surface area contributed by atoms with Crippen LogP contribution in [0.5, 0.6) is 11.5 Å². The fourth-order valence-electron chi connectivity index (χ4n) is 2.42. The molecule has 1 aliphatic heterocycles. The number of oxime groups is 1. The van der Waals surface area contributed by atoms with Crippen molar-refractivity contribution in [3.05, 3.63) is 59.7 Å². The van der Waals surface area contributed by atoms with Crippen LogP contribution < -0.4 is 9.47 Å². The lowest BCUT2D eigenvalue weighted by atomic mass is 10.0. The highest BCUT2D eigenvalue weighted by atomic mass is 35.5. The van der Waals surface area contributed by atoms with Crippen molar-refractivity contribution in [2.24, 2.45) is 5.16 Å². The molecule has 120 valence electrons. The number of alkyl halides is 1. The van der Waals surface area contributed by atoms with Gasteiger partial charge in [-0.2, -0.15) is 0 Å². The molecule has 0 fully saturated rings. The van der Waals surface area contributed by atoms with Gasteiger partial charge in [-0.25, -0.2) is 0 Å². The Morgan fingerprint density at radius 3 is 2.87 bits per heavy atom. The van der Waals surface area contributed by atoms with E-state index in [1.807, 2.05) is 48.5 Å². The number of methoxy groups -OCH3 is 1. The molecule has 2 aromatic rings. The lowest BCUT2D eigenvalue weighted by Gasteiger charge is -2.11. The Bertz CT molecular complexity index is 702. The molecule has 0 radical (unpaired) electrons. The first-order chi connectivity index (χ1) is 11.3. The standard InChI is InChI=1S/C18H18ClNO3/c1-21-14-6-4-5-13(9-14)12-22-18-8-3-2-7-16(18)17-10-15(11-19)23-20-17/h2-9,15H,10-12H2,1H3. The van der Waals surface area contributed by atoms with Crippen LogP contribution in [0.25, 0.3) is 0 Å². The van der Waals surface area contributed by atoms with E-state index in [0.29, 0.717) is 18.9 Å². The average Bonchev–Trinajstić information content (AvgIpc) is 3.09. The fraction of sp³-hybridized carbons (Fsp3) is 0.278. The summed E-state index contributed by atoms with van der Waals surface area (Å²) in [6.45, 7) is 0.460. The van der Waals surface area contributed by atoms with Gasteiger partial charge in [0.1, 0.15) is 24.2 Å². The molecule has 0 saturated carbocycles. The lowest BCUT2D eigenvalue weighted by Crippen LogP contribution is -2.10. The SMILES string of the molecule is COc1cccc(COc2ccccc2C2=NOC(CCl)C2)c1. The summed E-state index contributed by atoms with van der Waals surface area (Å²) in [6, 6.07) is 15.7. The van der Waals surface area contributed by atoms with Gasteiger partial charge in [0.15, 0.2) is 0 Å². The number of halogens is 1. The molecular formula is C18H18ClNO3. The molecule has 0 spiro atoms. The van der Waals surface area contributed by atoms with Crippen LogP contribution in [-0.4, -0.2) is 24.8 Å². The van der Waals surface area contributed by atoms with Crippen molar-refractivity contribution in [3.63, 3.8) is 0 Å². The summed E-state index contributed by atoms with van der Waals surface area (Å²) in [7, 11) is 1.65. The molecule has 23 heavy (non-hydrogen) atoms. The molecule has 0 amide bonds. The van der Waals surface area contributed by atoms with Gasteiger partial charge in [0.25, 0.3) is 0 Å². The quantitative estimate of drug-likeness (QED) is 0.751. The molecule has 1 heterocycles. The predicted octanol–water partition coefficient (Wildman–Crippen LogP) is 4.01. The molecule has 1 aliphatic rings. The first-order valence-electron chi connectivity index (χ1n) is 7.44. The maximum Gasteiger partial charge on any atom is 0.146 e. The molecule has 0 aliphatic carbocycles. The Hall–Kier alpha value is -2.20. The number of hydrogen-bond donors (Lipinski definition) is 0. The largest absolute Gasteiger partial charge is 0.497 e. The van der Waals surface area contributed by atoms with Gasteiger partial charge >= 0.3 is 0 Å².